The molecule has 1 heterocycles. The molecule has 1 unspecified atom stereocenters. The van der Waals surface area contributed by atoms with E-state index in [1.807, 2.05) is 87.5 Å². The van der Waals surface area contributed by atoms with Crippen LogP contribution in [0, 0.1) is 20.8 Å². The van der Waals surface area contributed by atoms with Gasteiger partial charge in [0.1, 0.15) is 23.9 Å². The molecule has 202 valence electrons. The monoisotopic (exact) mass is 533 g/mol. The topological polar surface area (TPSA) is 76.1 Å². The number of carbonyl (C=O) groups is 2. The van der Waals surface area contributed by atoms with Crippen molar-refractivity contribution in [2.75, 3.05) is 12.0 Å². The fourth-order valence-electron chi connectivity index (χ4n) is 5.10. The van der Waals surface area contributed by atoms with Crippen LogP contribution in [0.15, 0.2) is 96.6 Å². The molecule has 0 bridgehead atoms. The lowest BCUT2D eigenvalue weighted by molar-refractivity contribution is -0.132. The fourth-order valence-corrected chi connectivity index (χ4v) is 5.10. The highest BCUT2D eigenvalue weighted by atomic mass is 16.5. The second kappa shape index (κ2) is 11.1. The Morgan fingerprint density at radius 3 is 2.27 bits per heavy atom. The van der Waals surface area contributed by atoms with Gasteiger partial charge in [-0.3, -0.25) is 14.5 Å². The molecule has 0 aromatic heterocycles. The molecule has 1 aliphatic rings. The number of nitrogens with zero attached hydrogens (tertiary/aromatic N) is 1. The van der Waals surface area contributed by atoms with Gasteiger partial charge >= 0.3 is 0 Å². The number of ether oxygens (including phenoxy) is 2. The number of para-hydroxylation sites is 1. The molecule has 1 saturated heterocycles. The average molecular weight is 534 g/mol. The van der Waals surface area contributed by atoms with Gasteiger partial charge < -0.3 is 14.6 Å². The standard InChI is InChI=1S/C34H31NO5/c1-21-14-15-22(2)27(18-21)35-31(26-12-8-9-13-29(26)39-4)30(33(37)34(35)38)32(36)25-16-17-28(23(3)19-25)40-20-24-10-6-5-7-11-24/h5-19,31,36H,20H2,1-4H3/b32-30+. The number of aliphatic hydroxyl groups is 1. The van der Waals surface area contributed by atoms with Gasteiger partial charge in [0.05, 0.1) is 18.7 Å². The minimum Gasteiger partial charge on any atom is -0.507 e. The van der Waals surface area contributed by atoms with Gasteiger partial charge in [-0.2, -0.15) is 0 Å². The van der Waals surface area contributed by atoms with Gasteiger partial charge in [-0.05, 0) is 73.4 Å². The van der Waals surface area contributed by atoms with Crippen LogP contribution in [0.25, 0.3) is 5.76 Å². The Kier molecular flexibility index (Phi) is 7.43. The first-order valence-corrected chi connectivity index (χ1v) is 13.1. The number of hydrogen-bond donors (Lipinski definition) is 1. The molecule has 6 heteroatoms. The van der Waals surface area contributed by atoms with Gasteiger partial charge in [0, 0.05) is 16.8 Å². The van der Waals surface area contributed by atoms with E-state index in [-0.39, 0.29) is 11.3 Å². The van der Waals surface area contributed by atoms with Crippen LogP contribution in [-0.2, 0) is 16.2 Å². The summed E-state index contributed by atoms with van der Waals surface area (Å²) in [5.74, 6) is -0.532. The van der Waals surface area contributed by atoms with Crippen LogP contribution in [0.5, 0.6) is 11.5 Å². The summed E-state index contributed by atoms with van der Waals surface area (Å²) in [6.45, 7) is 6.11. The Hall–Kier alpha value is -4.84. The van der Waals surface area contributed by atoms with Gasteiger partial charge in [0.2, 0.25) is 0 Å². The maximum absolute atomic E-state index is 13.6. The van der Waals surface area contributed by atoms with Gasteiger partial charge in [0.15, 0.2) is 0 Å². The summed E-state index contributed by atoms with van der Waals surface area (Å²) < 4.78 is 11.6. The Balaban J connectivity index is 1.61. The van der Waals surface area contributed by atoms with Crippen LogP contribution < -0.4 is 14.4 Å². The van der Waals surface area contributed by atoms with Crippen LogP contribution in [-0.4, -0.2) is 23.9 Å². The van der Waals surface area contributed by atoms with Crippen molar-refractivity contribution in [3.8, 4) is 11.5 Å². The van der Waals surface area contributed by atoms with Gasteiger partial charge in [-0.1, -0.05) is 60.7 Å². The maximum Gasteiger partial charge on any atom is 0.300 e. The Morgan fingerprint density at radius 2 is 1.55 bits per heavy atom. The van der Waals surface area contributed by atoms with Crippen molar-refractivity contribution < 1.29 is 24.2 Å². The molecule has 5 rings (SSSR count). The molecule has 4 aromatic rings. The van der Waals surface area contributed by atoms with Gasteiger partial charge in [0.25, 0.3) is 11.7 Å². The summed E-state index contributed by atoms with van der Waals surface area (Å²) in [6, 6.07) is 27.2. The predicted molar refractivity (Wildman–Crippen MR) is 156 cm³/mol. The molecular weight excluding hydrogens is 502 g/mol. The Bertz CT molecular complexity index is 1620. The molecule has 0 saturated carbocycles. The molecule has 0 radical (unpaired) electrons. The number of Topliss-reactive ketones (excluding diaryl/α,β-unsaturated/α-hetero) is 1. The van der Waals surface area contributed by atoms with Crippen molar-refractivity contribution in [1.29, 1.82) is 0 Å². The third-order valence-electron chi connectivity index (χ3n) is 7.19. The smallest absolute Gasteiger partial charge is 0.300 e. The van der Waals surface area contributed by atoms with Crippen LogP contribution in [0.3, 0.4) is 0 Å². The van der Waals surface area contributed by atoms with Crippen LogP contribution >= 0.6 is 0 Å². The minimum atomic E-state index is -0.883. The number of methoxy groups -OCH3 is 1. The number of benzene rings is 4. The minimum absolute atomic E-state index is 0.00719. The lowest BCUT2D eigenvalue weighted by Crippen LogP contribution is -2.30. The molecule has 4 aromatic carbocycles. The number of rotatable bonds is 7. The highest BCUT2D eigenvalue weighted by Gasteiger charge is 2.48. The zero-order valence-electron chi connectivity index (χ0n) is 23.0. The zero-order chi connectivity index (χ0) is 28.4. The summed E-state index contributed by atoms with van der Waals surface area (Å²) in [4.78, 5) is 28.7. The van der Waals surface area contributed by atoms with E-state index in [4.69, 9.17) is 9.47 Å². The summed E-state index contributed by atoms with van der Waals surface area (Å²) in [5, 5.41) is 11.6. The molecule has 1 aliphatic heterocycles. The lowest BCUT2D eigenvalue weighted by Gasteiger charge is -2.28. The summed E-state index contributed by atoms with van der Waals surface area (Å²) in [6.07, 6.45) is 0. The van der Waals surface area contributed by atoms with Crippen molar-refractivity contribution in [2.45, 2.75) is 33.4 Å². The second-order valence-electron chi connectivity index (χ2n) is 9.96. The number of anilines is 1. The zero-order valence-corrected chi connectivity index (χ0v) is 23.0. The normalized spacial score (nSPS) is 16.3. The molecule has 1 amide bonds. The highest BCUT2D eigenvalue weighted by Crippen LogP contribution is 2.46. The summed E-state index contributed by atoms with van der Waals surface area (Å²) >= 11 is 0. The average Bonchev–Trinajstić information content (AvgIpc) is 3.23. The molecule has 1 fully saturated rings. The molecule has 6 nitrogen and oxygen atoms in total. The van der Waals surface area contributed by atoms with Crippen molar-refractivity contribution in [2.24, 2.45) is 0 Å². The van der Waals surface area contributed by atoms with Crippen molar-refractivity contribution in [3.63, 3.8) is 0 Å². The number of amides is 1. The third-order valence-corrected chi connectivity index (χ3v) is 7.19. The Labute approximate surface area is 234 Å². The number of aliphatic hydroxyl groups excluding tert-OH is 1. The first-order chi connectivity index (χ1) is 19.3. The van der Waals surface area contributed by atoms with Crippen molar-refractivity contribution in [3.05, 3.63) is 130 Å². The second-order valence-corrected chi connectivity index (χ2v) is 9.96. The molecule has 0 spiro atoms. The van der Waals surface area contributed by atoms with E-state index in [1.54, 1.807) is 31.4 Å². The van der Waals surface area contributed by atoms with E-state index in [1.165, 1.54) is 4.90 Å². The van der Waals surface area contributed by atoms with E-state index >= 15 is 0 Å². The highest BCUT2D eigenvalue weighted by molar-refractivity contribution is 6.51. The van der Waals surface area contributed by atoms with E-state index in [0.717, 1.165) is 22.3 Å². The third kappa shape index (κ3) is 4.96. The van der Waals surface area contributed by atoms with Gasteiger partial charge in [-0.25, -0.2) is 0 Å². The summed E-state index contributed by atoms with van der Waals surface area (Å²) in [5.41, 5.74) is 5.25. The maximum atomic E-state index is 13.6. The van der Waals surface area contributed by atoms with Crippen LogP contribution in [0.1, 0.15) is 39.4 Å². The summed E-state index contributed by atoms with van der Waals surface area (Å²) in [7, 11) is 1.54. The number of ketones is 1. The van der Waals surface area contributed by atoms with Crippen LogP contribution in [0.4, 0.5) is 5.69 Å². The molecule has 1 N–H and O–H groups in total. The molecule has 0 aliphatic carbocycles. The molecule has 1 atom stereocenters. The van der Waals surface area contributed by atoms with E-state index in [0.29, 0.717) is 34.9 Å². The quantitative estimate of drug-likeness (QED) is 0.160. The Morgan fingerprint density at radius 1 is 0.825 bits per heavy atom. The van der Waals surface area contributed by atoms with E-state index < -0.39 is 17.7 Å². The predicted octanol–water partition coefficient (Wildman–Crippen LogP) is 6.83. The van der Waals surface area contributed by atoms with Crippen LogP contribution in [0.2, 0.25) is 0 Å². The fraction of sp³-hybridized carbons (Fsp3) is 0.176. The number of carbonyl (C=O) groups excluding carboxylic acids is 2. The number of hydrogen-bond acceptors (Lipinski definition) is 5. The molecular formula is C34H31NO5. The first kappa shape index (κ1) is 26.8. The van der Waals surface area contributed by atoms with E-state index in [9.17, 15) is 14.7 Å². The molecule has 40 heavy (non-hydrogen) atoms. The number of aryl methyl sites for hydroxylation is 3. The van der Waals surface area contributed by atoms with Crippen molar-refractivity contribution in [1.82, 2.24) is 0 Å². The van der Waals surface area contributed by atoms with Gasteiger partial charge in [-0.15, -0.1) is 0 Å². The van der Waals surface area contributed by atoms with E-state index in [2.05, 4.69) is 0 Å². The first-order valence-electron chi connectivity index (χ1n) is 13.1. The largest absolute Gasteiger partial charge is 0.507 e. The lowest BCUT2D eigenvalue weighted by atomic mass is 9.93. The van der Waals surface area contributed by atoms with Crippen molar-refractivity contribution >= 4 is 23.1 Å². The SMILES string of the molecule is COc1ccccc1C1/C(=C(\O)c2ccc(OCc3ccccc3)c(C)c2)C(=O)C(=O)N1c1cc(C)ccc1C.